The SMILES string of the molecule is CC1CC2(C)CC1(C)C1(C)C(=O)OC(=O)C21C. The van der Waals surface area contributed by atoms with Gasteiger partial charge in [0.1, 0.15) is 0 Å². The number of hydrogen-bond acceptors (Lipinski definition) is 3. The summed E-state index contributed by atoms with van der Waals surface area (Å²) >= 11 is 0. The Balaban J connectivity index is 2.32. The lowest BCUT2D eigenvalue weighted by molar-refractivity contribution is -0.158. The molecule has 2 aliphatic carbocycles. The monoisotopic (exact) mass is 236 g/mol. The number of hydrogen-bond donors (Lipinski definition) is 0. The van der Waals surface area contributed by atoms with Crippen LogP contribution in [-0.2, 0) is 14.3 Å². The fourth-order valence-electron chi connectivity index (χ4n) is 5.36. The van der Waals surface area contributed by atoms with E-state index in [0.29, 0.717) is 5.92 Å². The number of carbonyl (C=O) groups excluding carboxylic acids is 2. The highest BCUT2D eigenvalue weighted by Gasteiger charge is 2.84. The molecule has 0 aromatic heterocycles. The second-order valence-corrected chi connectivity index (χ2v) is 7.19. The summed E-state index contributed by atoms with van der Waals surface area (Å²) in [4.78, 5) is 24.4. The van der Waals surface area contributed by atoms with E-state index < -0.39 is 10.8 Å². The molecule has 3 heteroatoms. The average Bonchev–Trinajstić information content (AvgIpc) is 2.61. The summed E-state index contributed by atoms with van der Waals surface area (Å²) in [7, 11) is 0. The first-order valence-corrected chi connectivity index (χ1v) is 6.40. The largest absolute Gasteiger partial charge is 0.392 e. The lowest BCUT2D eigenvalue weighted by Crippen LogP contribution is -2.54. The van der Waals surface area contributed by atoms with Gasteiger partial charge >= 0.3 is 11.9 Å². The summed E-state index contributed by atoms with van der Waals surface area (Å²) in [5, 5.41) is 0. The van der Waals surface area contributed by atoms with Crippen molar-refractivity contribution in [1.29, 1.82) is 0 Å². The molecule has 1 aliphatic heterocycles. The van der Waals surface area contributed by atoms with Crippen molar-refractivity contribution in [3.8, 4) is 0 Å². The molecule has 0 aromatic carbocycles. The summed E-state index contributed by atoms with van der Waals surface area (Å²) in [6.07, 6.45) is 1.97. The van der Waals surface area contributed by atoms with Crippen molar-refractivity contribution in [2.45, 2.75) is 47.5 Å². The van der Waals surface area contributed by atoms with E-state index in [1.807, 2.05) is 13.8 Å². The van der Waals surface area contributed by atoms with Crippen LogP contribution >= 0.6 is 0 Å². The van der Waals surface area contributed by atoms with Gasteiger partial charge in [-0.25, -0.2) is 0 Å². The predicted octanol–water partition coefficient (Wildman–Crippen LogP) is 2.54. The molecule has 0 aromatic rings. The van der Waals surface area contributed by atoms with Crippen molar-refractivity contribution in [3.63, 3.8) is 0 Å². The maximum atomic E-state index is 12.2. The summed E-state index contributed by atoms with van der Waals surface area (Å²) in [6.45, 7) is 10.4. The molecule has 3 fully saturated rings. The van der Waals surface area contributed by atoms with Gasteiger partial charge in [0.15, 0.2) is 0 Å². The number of esters is 2. The Bertz CT molecular complexity index is 456. The second-order valence-electron chi connectivity index (χ2n) is 7.19. The second kappa shape index (κ2) is 2.45. The zero-order chi connectivity index (χ0) is 12.9. The van der Waals surface area contributed by atoms with Crippen molar-refractivity contribution in [1.82, 2.24) is 0 Å². The smallest absolute Gasteiger partial charge is 0.321 e. The van der Waals surface area contributed by atoms with Gasteiger partial charge in [0, 0.05) is 0 Å². The molecule has 2 saturated carbocycles. The van der Waals surface area contributed by atoms with E-state index in [1.54, 1.807) is 0 Å². The van der Waals surface area contributed by atoms with E-state index in [2.05, 4.69) is 20.8 Å². The van der Waals surface area contributed by atoms with Crippen LogP contribution < -0.4 is 0 Å². The third-order valence-electron chi connectivity index (χ3n) is 6.95. The molecule has 17 heavy (non-hydrogen) atoms. The first kappa shape index (κ1) is 11.2. The van der Waals surface area contributed by atoms with Gasteiger partial charge in [-0.3, -0.25) is 9.59 Å². The van der Waals surface area contributed by atoms with E-state index in [0.717, 1.165) is 12.8 Å². The topological polar surface area (TPSA) is 43.4 Å². The van der Waals surface area contributed by atoms with E-state index >= 15 is 0 Å². The van der Waals surface area contributed by atoms with Crippen LogP contribution in [0.2, 0.25) is 0 Å². The predicted molar refractivity (Wildman–Crippen MR) is 61.9 cm³/mol. The number of fused-ring (bicyclic) bond motifs is 5. The Morgan fingerprint density at radius 3 is 2.18 bits per heavy atom. The molecule has 3 aliphatic rings. The number of cyclic esters (lactones) is 2. The lowest BCUT2D eigenvalue weighted by atomic mass is 9.48. The molecular formula is C14H20O3. The molecule has 1 heterocycles. The summed E-state index contributed by atoms with van der Waals surface area (Å²) in [5.41, 5.74) is -1.50. The summed E-state index contributed by atoms with van der Waals surface area (Å²) in [6, 6.07) is 0. The van der Waals surface area contributed by atoms with Crippen molar-refractivity contribution < 1.29 is 14.3 Å². The van der Waals surface area contributed by atoms with Gasteiger partial charge < -0.3 is 4.74 Å². The van der Waals surface area contributed by atoms with Gasteiger partial charge in [-0.2, -0.15) is 0 Å². The Morgan fingerprint density at radius 2 is 1.59 bits per heavy atom. The van der Waals surface area contributed by atoms with Gasteiger partial charge in [0.25, 0.3) is 0 Å². The van der Waals surface area contributed by atoms with Gasteiger partial charge in [-0.1, -0.05) is 20.8 Å². The molecule has 3 rings (SSSR count). The van der Waals surface area contributed by atoms with Gasteiger partial charge in [-0.15, -0.1) is 0 Å². The maximum absolute atomic E-state index is 12.2. The van der Waals surface area contributed by atoms with E-state index in [1.165, 1.54) is 0 Å². The average molecular weight is 236 g/mol. The van der Waals surface area contributed by atoms with Crippen LogP contribution in [0.5, 0.6) is 0 Å². The molecule has 5 unspecified atom stereocenters. The number of rotatable bonds is 0. The molecule has 3 nitrogen and oxygen atoms in total. The molecule has 0 radical (unpaired) electrons. The van der Waals surface area contributed by atoms with Gasteiger partial charge in [-0.05, 0) is 43.4 Å². The Hall–Kier alpha value is -0.860. The minimum atomic E-state index is -0.649. The van der Waals surface area contributed by atoms with Crippen LogP contribution in [0.15, 0.2) is 0 Å². The quantitative estimate of drug-likeness (QED) is 0.479. The van der Waals surface area contributed by atoms with Crippen molar-refractivity contribution in [2.75, 3.05) is 0 Å². The van der Waals surface area contributed by atoms with E-state index in [-0.39, 0.29) is 22.8 Å². The van der Waals surface area contributed by atoms with E-state index in [4.69, 9.17) is 4.74 Å². The number of carbonyl (C=O) groups is 2. The van der Waals surface area contributed by atoms with Crippen molar-refractivity contribution >= 4 is 11.9 Å². The highest BCUT2D eigenvalue weighted by atomic mass is 16.6. The van der Waals surface area contributed by atoms with Gasteiger partial charge in [0.05, 0.1) is 10.8 Å². The van der Waals surface area contributed by atoms with Crippen LogP contribution in [0.1, 0.15) is 47.5 Å². The van der Waals surface area contributed by atoms with Crippen molar-refractivity contribution in [3.05, 3.63) is 0 Å². The fourth-order valence-corrected chi connectivity index (χ4v) is 5.36. The lowest BCUT2D eigenvalue weighted by Gasteiger charge is -2.50. The molecular weight excluding hydrogens is 216 g/mol. The minimum Gasteiger partial charge on any atom is -0.392 e. The van der Waals surface area contributed by atoms with Crippen LogP contribution in [0.25, 0.3) is 0 Å². The van der Waals surface area contributed by atoms with E-state index in [9.17, 15) is 9.59 Å². The molecule has 5 atom stereocenters. The molecule has 94 valence electrons. The highest BCUT2D eigenvalue weighted by Crippen LogP contribution is 2.81. The fraction of sp³-hybridized carbons (Fsp3) is 0.857. The normalized spacial score (nSPS) is 60.6. The maximum Gasteiger partial charge on any atom is 0.321 e. The van der Waals surface area contributed by atoms with Gasteiger partial charge in [0.2, 0.25) is 0 Å². The molecule has 0 amide bonds. The Kier molecular flexibility index (Phi) is 1.62. The molecule has 2 bridgehead atoms. The zero-order valence-electron chi connectivity index (χ0n) is 11.2. The Labute approximate surface area is 102 Å². The standard InChI is InChI=1S/C14H20O3/c1-8-6-11(2)7-12(8,3)14(5)10(16)17-9(15)13(11,14)4/h8H,6-7H2,1-5H3. The summed E-state index contributed by atoms with van der Waals surface area (Å²) in [5.74, 6) is -0.144. The highest BCUT2D eigenvalue weighted by molar-refractivity contribution is 6.03. The summed E-state index contributed by atoms with van der Waals surface area (Å²) < 4.78 is 5.02. The third kappa shape index (κ3) is 0.747. The first-order chi connectivity index (χ1) is 7.63. The first-order valence-electron chi connectivity index (χ1n) is 6.40. The minimum absolute atomic E-state index is 0.0981. The van der Waals surface area contributed by atoms with Crippen LogP contribution in [0.4, 0.5) is 0 Å². The zero-order valence-corrected chi connectivity index (χ0v) is 11.2. The van der Waals surface area contributed by atoms with Crippen LogP contribution in [-0.4, -0.2) is 11.9 Å². The molecule has 0 spiro atoms. The third-order valence-corrected chi connectivity index (χ3v) is 6.95. The molecule has 1 saturated heterocycles. The van der Waals surface area contributed by atoms with Crippen LogP contribution in [0.3, 0.4) is 0 Å². The van der Waals surface area contributed by atoms with Crippen LogP contribution in [0, 0.1) is 27.6 Å². The van der Waals surface area contributed by atoms with Crippen molar-refractivity contribution in [2.24, 2.45) is 27.6 Å². The molecule has 0 N–H and O–H groups in total. The number of ether oxygens (including phenoxy) is 1. The Morgan fingerprint density at radius 1 is 1.06 bits per heavy atom.